The Labute approximate surface area is 332 Å². The number of hydrazine groups is 4. The maximum absolute atomic E-state index is 13.3. The van der Waals surface area contributed by atoms with E-state index >= 15 is 0 Å². The summed E-state index contributed by atoms with van der Waals surface area (Å²) in [5, 5.41) is 17.9. The van der Waals surface area contributed by atoms with E-state index in [9.17, 15) is 82.1 Å². The first kappa shape index (κ1) is 45.4. The van der Waals surface area contributed by atoms with E-state index in [0.29, 0.717) is 0 Å². The van der Waals surface area contributed by atoms with Gasteiger partial charge in [0.05, 0.1) is 11.1 Å². The van der Waals surface area contributed by atoms with Crippen LogP contribution in [0.5, 0.6) is 0 Å². The summed E-state index contributed by atoms with van der Waals surface area (Å²) in [6, 6.07) is 0. The highest BCUT2D eigenvalue weighted by molar-refractivity contribution is 14.1. The minimum absolute atomic E-state index is 0.358. The molecule has 11 N–H and O–H groups in total. The second-order valence-electron chi connectivity index (χ2n) is 8.11. The molecule has 0 atom stereocenters. The molecule has 286 valence electrons. The van der Waals surface area contributed by atoms with Gasteiger partial charge in [-0.05, 0) is 67.8 Å². The number of carbonyl (C=O) groups is 14. The number of hydrazone groups is 1. The number of nitrogens with one attached hydrogen (secondary N) is 3. The highest BCUT2D eigenvalue weighted by Gasteiger charge is 2.44. The zero-order chi connectivity index (χ0) is 41.9. The largest absolute Gasteiger partial charge is 0.478 e. The lowest BCUT2D eigenvalue weighted by Gasteiger charge is -2.21. The van der Waals surface area contributed by atoms with Gasteiger partial charge in [0.15, 0.2) is 0 Å². The van der Waals surface area contributed by atoms with Crippen LogP contribution in [0.25, 0.3) is 0 Å². The fraction of sp³-hybridized carbons (Fsp3) is 0. The number of hydrogen-bond donors (Lipinski definition) is 8. The van der Waals surface area contributed by atoms with Crippen LogP contribution in [0.3, 0.4) is 0 Å². The summed E-state index contributed by atoms with van der Waals surface area (Å²) in [6.07, 6.45) is -7.43. The minimum Gasteiger partial charge on any atom is -0.478 e. The molecular formula is C21H11I3N9O21+. The molecule has 0 aliphatic carbocycles. The van der Waals surface area contributed by atoms with E-state index in [1.807, 2.05) is 0 Å². The Hall–Kier alpha value is -6.63. The summed E-state index contributed by atoms with van der Waals surface area (Å²) in [5.41, 5.74) is 14.3. The highest BCUT2D eigenvalue weighted by atomic mass is 127. The summed E-state index contributed by atoms with van der Waals surface area (Å²) in [4.78, 5) is 180. The van der Waals surface area contributed by atoms with Gasteiger partial charge in [0, 0.05) is 13.4 Å². The van der Waals surface area contributed by atoms with Gasteiger partial charge in [0.1, 0.15) is 7.14 Å². The number of aromatic carboxylic acids is 2. The van der Waals surface area contributed by atoms with Gasteiger partial charge in [0.25, 0.3) is 5.69 Å². The maximum Gasteiger partial charge on any atom is 0.465 e. The molecule has 0 saturated heterocycles. The van der Waals surface area contributed by atoms with Gasteiger partial charge < -0.3 is 46.4 Å². The van der Waals surface area contributed by atoms with Crippen LogP contribution in [0, 0.1) is 10.7 Å². The number of rotatable bonds is 4. The number of esters is 4. The molecule has 30 nitrogen and oxygen atoms in total. The lowest BCUT2D eigenvalue weighted by Crippen LogP contribution is -2.60. The summed E-state index contributed by atoms with van der Waals surface area (Å²) in [5.74, 6) is -22.5. The predicted octanol–water partition coefficient (Wildman–Crippen LogP) is -4.46. The third kappa shape index (κ3) is 11.7. The topological polar surface area (TPSA) is 457 Å². The number of carboxylic acid groups (broad SMARTS) is 2. The molecule has 0 aliphatic rings. The predicted molar refractivity (Wildman–Crippen MR) is 176 cm³/mol. The molecule has 1 rings (SSSR count). The van der Waals surface area contributed by atoms with Gasteiger partial charge in [-0.2, -0.15) is 10.2 Å². The quantitative estimate of drug-likeness (QED) is 0.0162. The molecule has 1 aromatic carbocycles. The van der Waals surface area contributed by atoms with Crippen LogP contribution < -0.4 is 33.5 Å². The Kier molecular flexibility index (Phi) is 16.2. The molecule has 0 saturated carbocycles. The van der Waals surface area contributed by atoms with E-state index in [4.69, 9.17) is 0 Å². The van der Waals surface area contributed by atoms with Gasteiger partial charge >= 0.3 is 89.9 Å². The monoisotopic (exact) mass is 1110 g/mol. The van der Waals surface area contributed by atoms with Crippen molar-refractivity contribution in [2.24, 2.45) is 17.2 Å². The first-order chi connectivity index (χ1) is 24.9. The van der Waals surface area contributed by atoms with E-state index in [1.54, 1.807) is 0 Å². The molecule has 0 spiro atoms. The van der Waals surface area contributed by atoms with Gasteiger partial charge in [-0.15, -0.1) is 5.12 Å². The molecule has 1 aromatic rings. The van der Waals surface area contributed by atoms with Crippen molar-refractivity contribution in [3.8, 4) is 0 Å². The van der Waals surface area contributed by atoms with Crippen molar-refractivity contribution in [3.63, 3.8) is 0 Å². The number of nitrogens with two attached hydrogens (primary N) is 3. The Morgan fingerprint density at radius 3 is 1.24 bits per heavy atom. The minimum atomic E-state index is -2.68. The number of carbonyl (C=O) groups excluding carboxylic acids is 13. The van der Waals surface area contributed by atoms with Crippen molar-refractivity contribution < 1.29 is 106 Å². The molecule has 0 fully saturated rings. The van der Waals surface area contributed by atoms with Crippen molar-refractivity contribution in [1.29, 1.82) is 0 Å². The van der Waals surface area contributed by atoms with Crippen LogP contribution >= 0.6 is 67.8 Å². The molecule has 0 aliphatic heterocycles. The number of carboxylic acids is 2. The second kappa shape index (κ2) is 19.3. The van der Waals surface area contributed by atoms with E-state index in [1.165, 1.54) is 73.2 Å². The van der Waals surface area contributed by atoms with E-state index in [2.05, 4.69) is 36.1 Å². The molecular weight excluding hydrogens is 1090 g/mol. The molecule has 0 bridgehead atoms. The highest BCUT2D eigenvalue weighted by Crippen LogP contribution is 2.37. The summed E-state index contributed by atoms with van der Waals surface area (Å²) in [7, 11) is 0. The molecule has 0 heterocycles. The van der Waals surface area contributed by atoms with Crippen LogP contribution in [-0.4, -0.2) is 115 Å². The zero-order valence-corrected chi connectivity index (χ0v) is 31.3. The number of primary amides is 3. The third-order valence-electron chi connectivity index (χ3n) is 4.72. The number of ether oxygens (including phenoxy) is 4. The number of amides is 8. The Bertz CT molecular complexity index is 1940. The first-order valence-electron chi connectivity index (χ1n) is 12.1. The van der Waals surface area contributed by atoms with Crippen LogP contribution in [0.4, 0.5) is 24.9 Å². The van der Waals surface area contributed by atoms with E-state index in [-0.39, 0.29) is 4.68 Å². The van der Waals surface area contributed by atoms with Crippen molar-refractivity contribution >= 4 is 163 Å². The standard InChI is InChI=1S/C21H10I3N9O21/c22-4-2(12(39)40)5(23)7(6(24)3(4)13(41)42)31(1-34)33(30-10(37)16(45)53-20(27)49)11(38)17(46)54-21(50)32(28-8(35)14(43)51-18(25)47)29-9(36)15(44)52-19(26)48/h(H10-,25,26,27,28,29,30,35,36,37,39,40,41,42,47,48,49)/p+1. The van der Waals surface area contributed by atoms with Crippen molar-refractivity contribution in [2.75, 3.05) is 0 Å². The number of halogens is 3. The smallest absolute Gasteiger partial charge is 0.465 e. The Balaban J connectivity index is 3.88. The van der Waals surface area contributed by atoms with Crippen LogP contribution in [0.15, 0.2) is 0 Å². The van der Waals surface area contributed by atoms with Crippen molar-refractivity contribution in [3.05, 3.63) is 21.8 Å². The third-order valence-corrected chi connectivity index (χ3v) is 7.90. The fourth-order valence-electron chi connectivity index (χ4n) is 2.81. The van der Waals surface area contributed by atoms with Crippen molar-refractivity contribution in [2.45, 2.75) is 0 Å². The molecule has 8 amide bonds. The Morgan fingerprint density at radius 1 is 0.574 bits per heavy atom. The van der Waals surface area contributed by atoms with E-state index < -0.39 is 122 Å². The van der Waals surface area contributed by atoms with Gasteiger partial charge in [-0.1, -0.05) is 0 Å². The van der Waals surface area contributed by atoms with Crippen molar-refractivity contribution in [1.82, 2.24) is 26.5 Å². The average molecular weight is 1110 g/mol. The number of hydrogen-bond acceptors (Lipinski definition) is 19. The van der Waals surface area contributed by atoms with Gasteiger partial charge in [-0.3, -0.25) is 19.2 Å². The number of benzene rings is 1. The average Bonchev–Trinajstić information content (AvgIpc) is 3.03. The van der Waals surface area contributed by atoms with Crippen LogP contribution in [-0.2, 0) is 62.1 Å². The number of nitrogens with zero attached hydrogens (tertiary/aromatic N) is 3. The first-order valence-corrected chi connectivity index (χ1v) is 15.3. The lowest BCUT2D eigenvalue weighted by molar-refractivity contribution is -0.611. The summed E-state index contributed by atoms with van der Waals surface area (Å²) in [6.45, 7) is 0. The molecule has 0 unspecified atom stereocenters. The van der Waals surface area contributed by atoms with Gasteiger partial charge in [0.2, 0.25) is 0 Å². The maximum atomic E-state index is 13.3. The SMILES string of the molecule is NC(=O)OC(=O)C(=O)NN(NC(=O)C(=O)OC(N)=O)C(=O)OC(=O)C(=O)N(NC(=O)C(=O)OC(N)=O)[N+](=C=O)c1c(I)c(C(=O)O)c(I)c(C(=O)O)c1I. The number of isocyanates is 1. The van der Waals surface area contributed by atoms with Crippen LogP contribution in [0.2, 0.25) is 0 Å². The normalized spacial score (nSPS) is 9.69. The molecule has 0 radical (unpaired) electrons. The molecule has 0 aromatic heterocycles. The second-order valence-corrected chi connectivity index (χ2v) is 11.3. The lowest BCUT2D eigenvalue weighted by atomic mass is 10.1. The fourth-order valence-corrected chi connectivity index (χ4v) is 7.36. The molecule has 33 heteroatoms. The zero-order valence-electron chi connectivity index (χ0n) is 24.9. The van der Waals surface area contributed by atoms with E-state index in [0.717, 1.165) is 16.9 Å². The summed E-state index contributed by atoms with van der Waals surface area (Å²) < 4.78 is 13.1. The molecule has 54 heavy (non-hydrogen) atoms. The summed E-state index contributed by atoms with van der Waals surface area (Å²) >= 11 is 3.69. The Morgan fingerprint density at radius 2 is 0.926 bits per heavy atom. The van der Waals surface area contributed by atoms with Crippen LogP contribution in [0.1, 0.15) is 20.7 Å². The van der Waals surface area contributed by atoms with Gasteiger partial charge in [-0.25, -0.2) is 58.8 Å².